The van der Waals surface area contributed by atoms with E-state index in [1.54, 1.807) is 10.6 Å². The highest BCUT2D eigenvalue weighted by Gasteiger charge is 2.31. The number of hydrogen-bond acceptors (Lipinski definition) is 4. The zero-order valence-corrected chi connectivity index (χ0v) is 13.8. The minimum atomic E-state index is -0.311. The molecule has 0 bridgehead atoms. The van der Waals surface area contributed by atoms with E-state index >= 15 is 0 Å². The lowest BCUT2D eigenvalue weighted by Gasteiger charge is -2.24. The van der Waals surface area contributed by atoms with E-state index in [4.69, 9.17) is 0 Å². The van der Waals surface area contributed by atoms with Crippen LogP contribution in [0, 0.1) is 0 Å². The van der Waals surface area contributed by atoms with Gasteiger partial charge in [0.15, 0.2) is 5.82 Å². The van der Waals surface area contributed by atoms with Crippen LogP contribution in [0.15, 0.2) is 41.5 Å². The van der Waals surface area contributed by atoms with E-state index in [9.17, 15) is 9.59 Å². The van der Waals surface area contributed by atoms with Gasteiger partial charge in [-0.15, -0.1) is 10.2 Å². The summed E-state index contributed by atoms with van der Waals surface area (Å²) in [6.07, 6.45) is 4.04. The van der Waals surface area contributed by atoms with E-state index < -0.39 is 0 Å². The van der Waals surface area contributed by atoms with E-state index in [1.165, 1.54) is 17.3 Å². The Morgan fingerprint density at radius 1 is 1.36 bits per heavy atom. The first kappa shape index (κ1) is 15.4. The molecule has 0 aliphatic carbocycles. The Morgan fingerprint density at radius 2 is 2.20 bits per heavy atom. The molecule has 128 valence electrons. The Balaban J connectivity index is 1.51. The van der Waals surface area contributed by atoms with Crippen LogP contribution in [0.5, 0.6) is 0 Å². The summed E-state index contributed by atoms with van der Waals surface area (Å²) in [5.74, 6) is 0.513. The second-order valence-corrected chi connectivity index (χ2v) is 6.01. The highest BCUT2D eigenvalue weighted by Crippen LogP contribution is 2.35. The van der Waals surface area contributed by atoms with E-state index in [2.05, 4.69) is 39.6 Å². The maximum Gasteiger partial charge on any atom is 0.318 e. The molecule has 1 aliphatic heterocycles. The van der Waals surface area contributed by atoms with Gasteiger partial charge in [-0.1, -0.05) is 31.2 Å². The highest BCUT2D eigenvalue weighted by molar-refractivity contribution is 5.75. The van der Waals surface area contributed by atoms with Crippen LogP contribution in [0.1, 0.15) is 36.3 Å². The highest BCUT2D eigenvalue weighted by atomic mass is 16.2. The molecule has 8 heteroatoms. The van der Waals surface area contributed by atoms with E-state index in [1.807, 2.05) is 17.0 Å². The number of amides is 2. The molecule has 1 aromatic carbocycles. The Hall–Kier alpha value is -3.16. The van der Waals surface area contributed by atoms with Gasteiger partial charge in [0.25, 0.3) is 5.56 Å². The number of aromatic amines is 1. The SMILES string of the molecule is CCC1c2ccccc2CN1C(=O)NCc1nnc2c(=O)[nH]ccn12. The summed E-state index contributed by atoms with van der Waals surface area (Å²) in [5, 5.41) is 10.7. The molecule has 0 radical (unpaired) electrons. The quantitative estimate of drug-likeness (QED) is 0.758. The maximum atomic E-state index is 12.7. The van der Waals surface area contributed by atoms with Crippen LogP contribution in [0.2, 0.25) is 0 Å². The predicted octanol–water partition coefficient (Wildman–Crippen LogP) is 1.59. The molecule has 2 N–H and O–H groups in total. The first-order valence-corrected chi connectivity index (χ1v) is 8.22. The number of carbonyl (C=O) groups is 1. The maximum absolute atomic E-state index is 12.7. The normalized spacial score (nSPS) is 16.2. The summed E-state index contributed by atoms with van der Waals surface area (Å²) >= 11 is 0. The number of fused-ring (bicyclic) bond motifs is 2. The zero-order chi connectivity index (χ0) is 17.4. The summed E-state index contributed by atoms with van der Waals surface area (Å²) in [7, 11) is 0. The van der Waals surface area contributed by atoms with Crippen molar-refractivity contribution in [2.45, 2.75) is 32.5 Å². The average molecular weight is 338 g/mol. The summed E-state index contributed by atoms with van der Waals surface area (Å²) < 4.78 is 1.58. The van der Waals surface area contributed by atoms with Gasteiger partial charge in [0, 0.05) is 18.9 Å². The van der Waals surface area contributed by atoms with Gasteiger partial charge in [-0.05, 0) is 17.5 Å². The lowest BCUT2D eigenvalue weighted by molar-refractivity contribution is 0.178. The molecule has 0 spiro atoms. The second kappa shape index (κ2) is 6.04. The molecule has 1 unspecified atom stereocenters. The number of H-pyrrole nitrogens is 1. The van der Waals surface area contributed by atoms with Gasteiger partial charge in [0.05, 0.1) is 12.6 Å². The van der Waals surface area contributed by atoms with Crippen molar-refractivity contribution in [2.24, 2.45) is 0 Å². The number of nitrogens with one attached hydrogen (secondary N) is 2. The summed E-state index contributed by atoms with van der Waals surface area (Å²) in [6.45, 7) is 2.87. The van der Waals surface area contributed by atoms with Crippen LogP contribution < -0.4 is 10.9 Å². The predicted molar refractivity (Wildman–Crippen MR) is 90.9 cm³/mol. The molecular formula is C17H18N6O2. The van der Waals surface area contributed by atoms with Crippen molar-refractivity contribution in [1.82, 2.24) is 29.8 Å². The van der Waals surface area contributed by atoms with E-state index in [-0.39, 0.29) is 29.8 Å². The molecule has 1 aliphatic rings. The molecule has 3 aromatic rings. The first-order chi connectivity index (χ1) is 12.2. The van der Waals surface area contributed by atoms with Crippen molar-refractivity contribution >= 4 is 11.7 Å². The Morgan fingerprint density at radius 3 is 3.04 bits per heavy atom. The minimum Gasteiger partial charge on any atom is -0.331 e. The van der Waals surface area contributed by atoms with Gasteiger partial charge >= 0.3 is 6.03 Å². The van der Waals surface area contributed by atoms with Crippen LogP contribution in [-0.2, 0) is 13.1 Å². The van der Waals surface area contributed by atoms with Gasteiger partial charge in [-0.2, -0.15) is 0 Å². The number of benzene rings is 1. The Bertz CT molecular complexity index is 992. The van der Waals surface area contributed by atoms with Crippen LogP contribution in [0.3, 0.4) is 0 Å². The number of nitrogens with zero attached hydrogens (tertiary/aromatic N) is 4. The molecule has 4 rings (SSSR count). The van der Waals surface area contributed by atoms with Crippen LogP contribution in [-0.4, -0.2) is 30.5 Å². The fourth-order valence-electron chi connectivity index (χ4n) is 3.38. The Labute approximate surface area is 143 Å². The number of rotatable bonds is 3. The summed E-state index contributed by atoms with van der Waals surface area (Å²) in [6, 6.07) is 8.06. The number of urea groups is 1. The van der Waals surface area contributed by atoms with Crippen LogP contribution in [0.25, 0.3) is 5.65 Å². The van der Waals surface area contributed by atoms with E-state index in [0.717, 1.165) is 6.42 Å². The van der Waals surface area contributed by atoms with Gasteiger partial charge in [0.1, 0.15) is 0 Å². The van der Waals surface area contributed by atoms with Crippen molar-refractivity contribution in [1.29, 1.82) is 0 Å². The standard InChI is InChI=1S/C17H18N6O2/c1-2-13-12-6-4-3-5-11(12)10-23(13)17(25)19-9-14-20-21-15-16(24)18-7-8-22(14)15/h3-8,13H,2,9-10H2,1H3,(H,18,24)(H,19,25). The van der Waals surface area contributed by atoms with Crippen molar-refractivity contribution in [3.05, 3.63) is 64.0 Å². The first-order valence-electron chi connectivity index (χ1n) is 8.22. The van der Waals surface area contributed by atoms with E-state index in [0.29, 0.717) is 12.4 Å². The van der Waals surface area contributed by atoms with Crippen molar-refractivity contribution in [2.75, 3.05) is 0 Å². The monoisotopic (exact) mass is 338 g/mol. The molecule has 0 saturated heterocycles. The Kier molecular flexibility index (Phi) is 3.72. The number of carbonyl (C=O) groups excluding carboxylic acids is 1. The zero-order valence-electron chi connectivity index (χ0n) is 13.8. The molecule has 1 atom stereocenters. The molecule has 0 fully saturated rings. The largest absolute Gasteiger partial charge is 0.331 e. The van der Waals surface area contributed by atoms with Crippen molar-refractivity contribution in [3.8, 4) is 0 Å². The molecule has 3 heterocycles. The summed E-state index contributed by atoms with van der Waals surface area (Å²) in [5.41, 5.74) is 2.30. The van der Waals surface area contributed by atoms with Gasteiger partial charge in [-0.25, -0.2) is 4.79 Å². The third-order valence-corrected chi connectivity index (χ3v) is 4.58. The smallest absolute Gasteiger partial charge is 0.318 e. The van der Waals surface area contributed by atoms with Gasteiger partial charge in [-0.3, -0.25) is 9.20 Å². The third-order valence-electron chi connectivity index (χ3n) is 4.58. The van der Waals surface area contributed by atoms with Gasteiger partial charge < -0.3 is 15.2 Å². The lowest BCUT2D eigenvalue weighted by atomic mass is 10.0. The fourth-order valence-corrected chi connectivity index (χ4v) is 3.38. The molecular weight excluding hydrogens is 320 g/mol. The lowest BCUT2D eigenvalue weighted by Crippen LogP contribution is -2.38. The molecule has 0 saturated carbocycles. The summed E-state index contributed by atoms with van der Waals surface area (Å²) in [4.78, 5) is 28.7. The van der Waals surface area contributed by atoms with Crippen molar-refractivity contribution < 1.29 is 4.79 Å². The van der Waals surface area contributed by atoms with Crippen LogP contribution >= 0.6 is 0 Å². The molecule has 2 amide bonds. The second-order valence-electron chi connectivity index (χ2n) is 6.01. The topological polar surface area (TPSA) is 95.4 Å². The van der Waals surface area contributed by atoms with Crippen molar-refractivity contribution in [3.63, 3.8) is 0 Å². The third kappa shape index (κ3) is 2.55. The number of hydrogen-bond donors (Lipinski definition) is 2. The number of aromatic nitrogens is 4. The molecule has 2 aromatic heterocycles. The molecule has 25 heavy (non-hydrogen) atoms. The molecule has 8 nitrogen and oxygen atoms in total. The van der Waals surface area contributed by atoms with Crippen LogP contribution in [0.4, 0.5) is 4.79 Å². The van der Waals surface area contributed by atoms with Gasteiger partial charge in [0.2, 0.25) is 5.65 Å². The average Bonchev–Trinajstić information content (AvgIpc) is 3.21. The minimum absolute atomic E-state index is 0.0780. The fraction of sp³-hybridized carbons (Fsp3) is 0.294.